The van der Waals surface area contributed by atoms with E-state index in [2.05, 4.69) is 4.98 Å². The average molecular weight is 336 g/mol. The molecule has 1 unspecified atom stereocenters. The van der Waals surface area contributed by atoms with Crippen molar-refractivity contribution in [1.29, 1.82) is 0 Å². The monoisotopic (exact) mass is 335 g/mol. The summed E-state index contributed by atoms with van der Waals surface area (Å²) in [6, 6.07) is 7.80. The summed E-state index contributed by atoms with van der Waals surface area (Å²) in [5.41, 5.74) is 7.44. The van der Waals surface area contributed by atoms with E-state index >= 15 is 0 Å². The van der Waals surface area contributed by atoms with Crippen molar-refractivity contribution in [3.63, 3.8) is 0 Å². The van der Waals surface area contributed by atoms with Crippen LogP contribution in [0.3, 0.4) is 0 Å². The molecule has 22 heavy (non-hydrogen) atoms. The molecule has 2 N–H and O–H groups in total. The summed E-state index contributed by atoms with van der Waals surface area (Å²) in [5.74, 6) is 0.115. The van der Waals surface area contributed by atoms with Gasteiger partial charge in [-0.1, -0.05) is 29.8 Å². The predicted octanol–water partition coefficient (Wildman–Crippen LogP) is 2.96. The van der Waals surface area contributed by atoms with E-state index in [1.165, 1.54) is 11.3 Å². The minimum atomic E-state index is 0.115. The van der Waals surface area contributed by atoms with Crippen LogP contribution >= 0.6 is 22.9 Å². The summed E-state index contributed by atoms with van der Waals surface area (Å²) >= 11 is 7.71. The van der Waals surface area contributed by atoms with E-state index in [0.717, 1.165) is 35.7 Å². The summed E-state index contributed by atoms with van der Waals surface area (Å²) in [7, 11) is 0. The molecule has 2 heterocycles. The van der Waals surface area contributed by atoms with Crippen molar-refractivity contribution in [2.24, 2.45) is 5.73 Å². The van der Waals surface area contributed by atoms with Gasteiger partial charge >= 0.3 is 0 Å². The van der Waals surface area contributed by atoms with Gasteiger partial charge in [0.1, 0.15) is 5.01 Å². The molecule has 1 amide bonds. The van der Waals surface area contributed by atoms with Gasteiger partial charge in [-0.15, -0.1) is 11.3 Å². The molecule has 0 bridgehead atoms. The Hall–Kier alpha value is -1.43. The molecule has 1 aromatic carbocycles. The first-order valence-corrected chi connectivity index (χ1v) is 8.63. The van der Waals surface area contributed by atoms with Crippen molar-refractivity contribution in [3.05, 3.63) is 40.4 Å². The van der Waals surface area contributed by atoms with E-state index in [9.17, 15) is 4.79 Å². The summed E-state index contributed by atoms with van der Waals surface area (Å²) in [5, 5.41) is 3.46. The highest BCUT2D eigenvalue weighted by Crippen LogP contribution is 2.30. The third kappa shape index (κ3) is 3.16. The molecule has 0 aliphatic carbocycles. The zero-order valence-corrected chi connectivity index (χ0v) is 13.7. The van der Waals surface area contributed by atoms with Gasteiger partial charge in [-0.05, 0) is 18.9 Å². The highest BCUT2D eigenvalue weighted by atomic mass is 35.5. The summed E-state index contributed by atoms with van der Waals surface area (Å²) in [6.45, 7) is 1.34. The minimum absolute atomic E-state index is 0.115. The lowest BCUT2D eigenvalue weighted by Crippen LogP contribution is -2.40. The van der Waals surface area contributed by atoms with Crippen LogP contribution in [-0.2, 0) is 11.2 Å². The predicted molar refractivity (Wildman–Crippen MR) is 90.1 cm³/mol. The van der Waals surface area contributed by atoms with Crippen LogP contribution in [0, 0.1) is 0 Å². The molecule has 1 aliphatic rings. The van der Waals surface area contributed by atoms with Crippen molar-refractivity contribution >= 4 is 28.8 Å². The number of nitrogens with two attached hydrogens (primary N) is 1. The number of benzene rings is 1. The number of carbonyl (C=O) groups is 1. The first kappa shape index (κ1) is 15.5. The van der Waals surface area contributed by atoms with E-state index in [1.54, 1.807) is 0 Å². The van der Waals surface area contributed by atoms with Crippen molar-refractivity contribution in [1.82, 2.24) is 9.88 Å². The number of carbonyl (C=O) groups excluding carboxylic acids is 1. The number of thiazole rings is 1. The van der Waals surface area contributed by atoms with E-state index < -0.39 is 0 Å². The van der Waals surface area contributed by atoms with Crippen molar-refractivity contribution < 1.29 is 4.79 Å². The summed E-state index contributed by atoms with van der Waals surface area (Å²) in [6.07, 6.45) is 2.37. The zero-order valence-electron chi connectivity index (χ0n) is 12.2. The van der Waals surface area contributed by atoms with Gasteiger partial charge < -0.3 is 10.6 Å². The van der Waals surface area contributed by atoms with E-state index in [4.69, 9.17) is 17.3 Å². The van der Waals surface area contributed by atoms with Crippen LogP contribution < -0.4 is 5.73 Å². The lowest BCUT2D eigenvalue weighted by Gasteiger charge is -2.23. The summed E-state index contributed by atoms with van der Waals surface area (Å²) < 4.78 is 0. The largest absolute Gasteiger partial charge is 0.338 e. The van der Waals surface area contributed by atoms with Crippen molar-refractivity contribution in [2.75, 3.05) is 13.1 Å². The fourth-order valence-electron chi connectivity index (χ4n) is 2.81. The Morgan fingerprint density at radius 2 is 2.27 bits per heavy atom. The number of amides is 1. The molecule has 3 rings (SSSR count). The third-order valence-electron chi connectivity index (χ3n) is 3.96. The number of hydrogen-bond acceptors (Lipinski definition) is 4. The van der Waals surface area contributed by atoms with Gasteiger partial charge in [0, 0.05) is 30.1 Å². The molecule has 116 valence electrons. The first-order valence-electron chi connectivity index (χ1n) is 7.38. The Morgan fingerprint density at radius 3 is 3.05 bits per heavy atom. The van der Waals surface area contributed by atoms with Crippen molar-refractivity contribution in [3.8, 4) is 10.6 Å². The Morgan fingerprint density at radius 1 is 1.45 bits per heavy atom. The van der Waals surface area contributed by atoms with Gasteiger partial charge in [0.15, 0.2) is 0 Å². The molecule has 1 atom stereocenters. The third-order valence-corrected chi connectivity index (χ3v) is 5.21. The molecule has 0 spiro atoms. The Kier molecular flexibility index (Phi) is 4.76. The molecule has 6 heteroatoms. The molecule has 1 aliphatic heterocycles. The van der Waals surface area contributed by atoms with Crippen LogP contribution in [0.25, 0.3) is 10.6 Å². The summed E-state index contributed by atoms with van der Waals surface area (Å²) in [4.78, 5) is 18.9. The molecule has 2 aromatic rings. The molecule has 1 fully saturated rings. The standard InChI is InChI=1S/C16H18ClN3OS/c17-14-6-2-1-5-13(14)16-19-11(10-22-16)8-15(21)20-7-3-4-12(20)9-18/h1-2,5-6,10,12H,3-4,7-9,18H2. The number of nitrogens with zero attached hydrogens (tertiary/aromatic N) is 2. The second kappa shape index (κ2) is 6.77. The normalized spacial score (nSPS) is 17.9. The van der Waals surface area contributed by atoms with E-state index in [-0.39, 0.29) is 11.9 Å². The van der Waals surface area contributed by atoms with Crippen LogP contribution in [0.1, 0.15) is 18.5 Å². The van der Waals surface area contributed by atoms with Crippen LogP contribution in [0.5, 0.6) is 0 Å². The molecular weight excluding hydrogens is 318 g/mol. The number of likely N-dealkylation sites (tertiary alicyclic amines) is 1. The Labute approximate surface area is 138 Å². The van der Waals surface area contributed by atoms with Gasteiger partial charge in [0.2, 0.25) is 5.91 Å². The fourth-order valence-corrected chi connectivity index (χ4v) is 3.95. The second-order valence-corrected chi connectivity index (χ2v) is 6.68. The zero-order chi connectivity index (χ0) is 15.5. The van der Waals surface area contributed by atoms with Crippen LogP contribution in [-0.4, -0.2) is 34.9 Å². The minimum Gasteiger partial charge on any atom is -0.338 e. The molecule has 4 nitrogen and oxygen atoms in total. The maximum absolute atomic E-state index is 12.4. The van der Waals surface area contributed by atoms with Gasteiger partial charge in [0.25, 0.3) is 0 Å². The van der Waals surface area contributed by atoms with Crippen LogP contribution in [0.2, 0.25) is 5.02 Å². The molecule has 1 aromatic heterocycles. The van der Waals surface area contributed by atoms with Crippen LogP contribution in [0.15, 0.2) is 29.6 Å². The maximum atomic E-state index is 12.4. The highest BCUT2D eigenvalue weighted by Gasteiger charge is 2.27. The van der Waals surface area contributed by atoms with Crippen LogP contribution in [0.4, 0.5) is 0 Å². The topological polar surface area (TPSA) is 59.2 Å². The second-order valence-electron chi connectivity index (χ2n) is 5.42. The molecule has 1 saturated heterocycles. The Bertz CT molecular complexity index is 673. The maximum Gasteiger partial charge on any atom is 0.228 e. The lowest BCUT2D eigenvalue weighted by atomic mass is 10.2. The van der Waals surface area contributed by atoms with E-state index in [0.29, 0.717) is 18.0 Å². The van der Waals surface area contributed by atoms with Gasteiger partial charge in [-0.2, -0.15) is 0 Å². The van der Waals surface area contributed by atoms with Crippen molar-refractivity contribution in [2.45, 2.75) is 25.3 Å². The number of halogens is 1. The molecule has 0 saturated carbocycles. The molecular formula is C16H18ClN3OS. The highest BCUT2D eigenvalue weighted by molar-refractivity contribution is 7.13. The van der Waals surface area contributed by atoms with Gasteiger partial charge in [0.05, 0.1) is 17.1 Å². The number of hydrogen-bond donors (Lipinski definition) is 1. The first-order chi connectivity index (χ1) is 10.7. The SMILES string of the molecule is NCC1CCCN1C(=O)Cc1csc(-c2ccccc2Cl)n1. The fraction of sp³-hybridized carbons (Fsp3) is 0.375. The lowest BCUT2D eigenvalue weighted by molar-refractivity contribution is -0.131. The number of aromatic nitrogens is 1. The van der Waals surface area contributed by atoms with Gasteiger partial charge in [-0.25, -0.2) is 4.98 Å². The Balaban J connectivity index is 1.72. The number of rotatable bonds is 4. The molecule has 0 radical (unpaired) electrons. The van der Waals surface area contributed by atoms with Gasteiger partial charge in [-0.3, -0.25) is 4.79 Å². The smallest absolute Gasteiger partial charge is 0.228 e. The average Bonchev–Trinajstić information content (AvgIpc) is 3.16. The quantitative estimate of drug-likeness (QED) is 0.934. The van der Waals surface area contributed by atoms with E-state index in [1.807, 2.05) is 34.5 Å².